The Hall–Kier alpha value is -1.78. The highest BCUT2D eigenvalue weighted by atomic mass is 28.4. The van der Waals surface area contributed by atoms with Crippen LogP contribution in [-0.4, -0.2) is 20.3 Å². The Bertz CT molecular complexity index is 747. The van der Waals surface area contributed by atoms with Crippen LogP contribution in [0.15, 0.2) is 42.5 Å². The largest absolute Gasteiger partial charge is 0.544 e. The molecule has 0 fully saturated rings. The quantitative estimate of drug-likeness (QED) is 0.707. The Balaban J connectivity index is 1.68. The van der Waals surface area contributed by atoms with Crippen molar-refractivity contribution in [1.29, 1.82) is 0 Å². The predicted molar refractivity (Wildman–Crippen MR) is 109 cm³/mol. The fourth-order valence-corrected chi connectivity index (χ4v) is 3.89. The van der Waals surface area contributed by atoms with E-state index in [4.69, 9.17) is 4.43 Å². The lowest BCUT2D eigenvalue weighted by atomic mass is 10.1. The SMILES string of the molecule is CN1Cc2ccc(Nc3ccc(O[Si](C)(C)C(C)(C)C)cc3)cc2C1. The zero-order valence-electron chi connectivity index (χ0n) is 16.3. The Morgan fingerprint density at radius 1 is 0.920 bits per heavy atom. The third-order valence-electron chi connectivity index (χ3n) is 5.41. The molecule has 0 saturated heterocycles. The highest BCUT2D eigenvalue weighted by molar-refractivity contribution is 6.74. The van der Waals surface area contributed by atoms with E-state index in [1.165, 1.54) is 11.1 Å². The van der Waals surface area contributed by atoms with E-state index in [1.807, 2.05) is 0 Å². The molecule has 0 spiro atoms. The molecule has 0 bridgehead atoms. The van der Waals surface area contributed by atoms with Crippen molar-refractivity contribution < 1.29 is 4.43 Å². The van der Waals surface area contributed by atoms with E-state index in [0.29, 0.717) is 0 Å². The molecule has 2 aromatic carbocycles. The van der Waals surface area contributed by atoms with Crippen molar-refractivity contribution in [1.82, 2.24) is 4.90 Å². The minimum absolute atomic E-state index is 0.210. The number of fused-ring (bicyclic) bond motifs is 1. The highest BCUT2D eigenvalue weighted by Gasteiger charge is 2.38. The lowest BCUT2D eigenvalue weighted by molar-refractivity contribution is 0.353. The lowest BCUT2D eigenvalue weighted by Crippen LogP contribution is -2.43. The highest BCUT2D eigenvalue weighted by Crippen LogP contribution is 2.37. The van der Waals surface area contributed by atoms with Gasteiger partial charge in [-0.05, 0) is 72.7 Å². The van der Waals surface area contributed by atoms with Gasteiger partial charge in [-0.2, -0.15) is 0 Å². The summed E-state index contributed by atoms with van der Waals surface area (Å²) in [6.45, 7) is 13.4. The molecule has 0 unspecified atom stereocenters. The zero-order valence-corrected chi connectivity index (χ0v) is 17.3. The summed E-state index contributed by atoms with van der Waals surface area (Å²) < 4.78 is 6.35. The predicted octanol–water partition coefficient (Wildman–Crippen LogP) is 5.76. The lowest BCUT2D eigenvalue weighted by Gasteiger charge is -2.36. The molecule has 25 heavy (non-hydrogen) atoms. The van der Waals surface area contributed by atoms with Crippen molar-refractivity contribution in [3.05, 3.63) is 53.6 Å². The molecule has 4 heteroatoms. The van der Waals surface area contributed by atoms with E-state index < -0.39 is 8.32 Å². The fraction of sp³-hybridized carbons (Fsp3) is 0.429. The van der Waals surface area contributed by atoms with Crippen molar-refractivity contribution in [3.8, 4) is 5.75 Å². The van der Waals surface area contributed by atoms with Crippen molar-refractivity contribution in [2.45, 2.75) is 52.0 Å². The van der Waals surface area contributed by atoms with Gasteiger partial charge in [0.2, 0.25) is 8.32 Å². The minimum atomic E-state index is -1.78. The molecule has 3 rings (SSSR count). The molecule has 0 amide bonds. The van der Waals surface area contributed by atoms with E-state index in [1.54, 1.807) is 0 Å². The second-order valence-corrected chi connectivity index (χ2v) is 13.4. The monoisotopic (exact) mass is 354 g/mol. The van der Waals surface area contributed by atoms with E-state index in [9.17, 15) is 0 Å². The smallest absolute Gasteiger partial charge is 0.250 e. The van der Waals surface area contributed by atoms with Gasteiger partial charge in [0.05, 0.1) is 0 Å². The molecule has 1 aliphatic rings. The van der Waals surface area contributed by atoms with Gasteiger partial charge >= 0.3 is 0 Å². The van der Waals surface area contributed by atoms with E-state index >= 15 is 0 Å². The van der Waals surface area contributed by atoms with E-state index in [-0.39, 0.29) is 5.04 Å². The first kappa shape index (κ1) is 18.0. The Morgan fingerprint density at radius 2 is 1.52 bits per heavy atom. The average Bonchev–Trinajstić information content (AvgIpc) is 2.87. The average molecular weight is 355 g/mol. The summed E-state index contributed by atoms with van der Waals surface area (Å²) in [5.74, 6) is 0.965. The second-order valence-electron chi connectivity index (χ2n) is 8.67. The maximum atomic E-state index is 6.35. The van der Waals surface area contributed by atoms with Crippen LogP contribution in [-0.2, 0) is 13.1 Å². The maximum Gasteiger partial charge on any atom is 0.250 e. The molecule has 0 saturated carbocycles. The molecule has 0 atom stereocenters. The Morgan fingerprint density at radius 3 is 2.16 bits per heavy atom. The van der Waals surface area contributed by atoms with Crippen LogP contribution >= 0.6 is 0 Å². The molecule has 0 radical (unpaired) electrons. The van der Waals surface area contributed by atoms with Crippen molar-refractivity contribution >= 4 is 19.7 Å². The molecule has 0 aliphatic carbocycles. The first-order chi connectivity index (χ1) is 11.6. The van der Waals surface area contributed by atoms with Crippen LogP contribution in [0.2, 0.25) is 18.1 Å². The van der Waals surface area contributed by atoms with Gasteiger partial charge in [0.15, 0.2) is 0 Å². The maximum absolute atomic E-state index is 6.35. The normalized spacial score (nSPS) is 15.1. The summed E-state index contributed by atoms with van der Waals surface area (Å²) in [6, 6.07) is 15.0. The molecule has 3 nitrogen and oxygen atoms in total. The number of benzene rings is 2. The van der Waals surface area contributed by atoms with Gasteiger partial charge in [-0.25, -0.2) is 0 Å². The van der Waals surface area contributed by atoms with Gasteiger partial charge in [-0.1, -0.05) is 26.8 Å². The summed E-state index contributed by atoms with van der Waals surface area (Å²) in [5, 5.41) is 3.72. The van der Waals surface area contributed by atoms with Crippen molar-refractivity contribution in [2.24, 2.45) is 0 Å². The molecule has 1 N–H and O–H groups in total. The molecule has 2 aromatic rings. The fourth-order valence-electron chi connectivity index (χ4n) is 2.86. The molecule has 1 aliphatic heterocycles. The van der Waals surface area contributed by atoms with Crippen molar-refractivity contribution in [2.75, 3.05) is 12.4 Å². The van der Waals surface area contributed by atoms with Crippen LogP contribution < -0.4 is 9.74 Å². The molecular formula is C21H30N2OSi. The number of rotatable bonds is 4. The number of hydrogen-bond acceptors (Lipinski definition) is 3. The summed E-state index contributed by atoms with van der Waals surface area (Å²) in [4.78, 5) is 2.33. The summed E-state index contributed by atoms with van der Waals surface area (Å²) in [6.07, 6.45) is 0. The second kappa shape index (κ2) is 6.50. The van der Waals surface area contributed by atoms with E-state index in [2.05, 4.69) is 93.6 Å². The first-order valence-electron chi connectivity index (χ1n) is 9.00. The van der Waals surface area contributed by atoms with Crippen LogP contribution in [0.3, 0.4) is 0 Å². The van der Waals surface area contributed by atoms with E-state index in [0.717, 1.165) is 30.2 Å². The topological polar surface area (TPSA) is 24.5 Å². The number of anilines is 2. The first-order valence-corrected chi connectivity index (χ1v) is 11.9. The van der Waals surface area contributed by atoms with Crippen LogP contribution in [0, 0.1) is 0 Å². The molecular weight excluding hydrogens is 324 g/mol. The molecule has 1 heterocycles. The summed E-state index contributed by atoms with van der Waals surface area (Å²) >= 11 is 0. The van der Waals surface area contributed by atoms with Gasteiger partial charge in [-0.3, -0.25) is 4.90 Å². The third kappa shape index (κ3) is 4.07. The Labute approximate surface area is 153 Å². The third-order valence-corrected chi connectivity index (χ3v) is 9.77. The Kier molecular flexibility index (Phi) is 4.69. The van der Waals surface area contributed by atoms with Gasteiger partial charge in [0.1, 0.15) is 5.75 Å². The molecule has 134 valence electrons. The standard InChI is InChI=1S/C21H30N2OSi/c1-21(2,3)25(5,6)24-20-11-9-18(10-12-20)22-19-8-7-16-14-23(4)15-17(16)13-19/h7-13,22H,14-15H2,1-6H3. The minimum Gasteiger partial charge on any atom is -0.544 e. The van der Waals surface area contributed by atoms with Gasteiger partial charge in [0, 0.05) is 24.5 Å². The molecule has 0 aromatic heterocycles. The van der Waals surface area contributed by atoms with Crippen LogP contribution in [0.25, 0.3) is 0 Å². The number of hydrogen-bond donors (Lipinski definition) is 1. The zero-order chi connectivity index (χ0) is 18.2. The number of nitrogens with one attached hydrogen (secondary N) is 1. The van der Waals surface area contributed by atoms with Crippen molar-refractivity contribution in [3.63, 3.8) is 0 Å². The number of nitrogens with zero attached hydrogens (tertiary/aromatic N) is 1. The van der Waals surface area contributed by atoms with Crippen LogP contribution in [0.4, 0.5) is 11.4 Å². The van der Waals surface area contributed by atoms with Crippen LogP contribution in [0.1, 0.15) is 31.9 Å². The van der Waals surface area contributed by atoms with Gasteiger partial charge in [-0.15, -0.1) is 0 Å². The van der Waals surface area contributed by atoms with Gasteiger partial charge < -0.3 is 9.74 Å². The summed E-state index contributed by atoms with van der Waals surface area (Å²) in [7, 11) is 0.380. The van der Waals surface area contributed by atoms with Gasteiger partial charge in [0.25, 0.3) is 0 Å². The van der Waals surface area contributed by atoms with Crippen LogP contribution in [0.5, 0.6) is 5.75 Å². The summed E-state index contributed by atoms with van der Waals surface area (Å²) in [5.41, 5.74) is 5.09.